The summed E-state index contributed by atoms with van der Waals surface area (Å²) in [5.41, 5.74) is -1.23. The SMILES string of the molecule is [2H]C([2H])([2H])OC([2H])([2H])C1(F)CCc2c(Br)c(-c3ccc(F)cn3)nn2C1. The van der Waals surface area contributed by atoms with E-state index in [0.29, 0.717) is 21.6 Å². The molecule has 2 aromatic heterocycles. The van der Waals surface area contributed by atoms with Gasteiger partial charge >= 0.3 is 0 Å². The van der Waals surface area contributed by atoms with E-state index >= 15 is 4.39 Å². The van der Waals surface area contributed by atoms with Crippen molar-refractivity contribution in [3.8, 4) is 11.4 Å². The van der Waals surface area contributed by atoms with E-state index in [1.807, 2.05) is 0 Å². The first-order valence-corrected chi connectivity index (χ1v) is 6.97. The first kappa shape index (κ1) is 9.63. The van der Waals surface area contributed by atoms with Crippen molar-refractivity contribution in [3.63, 3.8) is 0 Å². The Hall–Kier alpha value is -1.34. The van der Waals surface area contributed by atoms with Gasteiger partial charge in [-0.1, -0.05) is 0 Å². The summed E-state index contributed by atoms with van der Waals surface area (Å²) in [5.74, 6) is -0.508. The third kappa shape index (κ3) is 2.72. The highest BCUT2D eigenvalue weighted by Crippen LogP contribution is 2.36. The number of rotatable bonds is 3. The van der Waals surface area contributed by atoms with Gasteiger partial charge in [0.25, 0.3) is 0 Å². The highest BCUT2D eigenvalue weighted by Gasteiger charge is 2.37. The average molecular weight is 363 g/mol. The molecule has 0 saturated heterocycles. The molecule has 1 unspecified atom stereocenters. The smallest absolute Gasteiger partial charge is 0.153 e. The molecule has 3 rings (SSSR count). The van der Waals surface area contributed by atoms with Gasteiger partial charge in [-0.25, -0.2) is 8.78 Å². The predicted molar refractivity (Wildman–Crippen MR) is 77.2 cm³/mol. The van der Waals surface area contributed by atoms with E-state index in [4.69, 9.17) is 6.85 Å². The molecular formula is C14H14BrF2N3O. The van der Waals surface area contributed by atoms with E-state index in [-0.39, 0.29) is 12.8 Å². The van der Waals surface area contributed by atoms with Gasteiger partial charge in [0.2, 0.25) is 0 Å². The standard InChI is InChI=1S/C14H14BrF2N3O/c1-21-8-14(17)5-4-11-12(15)13(19-20(11)7-14)10-3-2-9(16)6-18-10/h2-3,6H,4-5,7-8H2,1H3/i1D3,8D2. The van der Waals surface area contributed by atoms with Crippen LogP contribution in [-0.2, 0) is 17.7 Å². The summed E-state index contributed by atoms with van der Waals surface area (Å²) in [6, 6.07) is 2.64. The third-order valence-electron chi connectivity index (χ3n) is 3.36. The molecule has 1 aliphatic heterocycles. The van der Waals surface area contributed by atoms with Crippen LogP contribution in [0.3, 0.4) is 0 Å². The lowest BCUT2D eigenvalue weighted by Crippen LogP contribution is -2.39. The predicted octanol–water partition coefficient (Wildman–Crippen LogP) is 3.15. The van der Waals surface area contributed by atoms with Gasteiger partial charge in [-0.15, -0.1) is 0 Å². The topological polar surface area (TPSA) is 39.9 Å². The summed E-state index contributed by atoms with van der Waals surface area (Å²) < 4.78 is 71.1. The van der Waals surface area contributed by atoms with Crippen molar-refractivity contribution in [2.24, 2.45) is 0 Å². The van der Waals surface area contributed by atoms with E-state index in [1.165, 1.54) is 16.8 Å². The van der Waals surface area contributed by atoms with E-state index < -0.39 is 31.6 Å². The summed E-state index contributed by atoms with van der Waals surface area (Å²) in [4.78, 5) is 3.94. The zero-order valence-electron chi connectivity index (χ0n) is 15.7. The Morgan fingerprint density at radius 1 is 1.62 bits per heavy atom. The van der Waals surface area contributed by atoms with Crippen LogP contribution < -0.4 is 0 Å². The minimum atomic E-state index is -3.07. The monoisotopic (exact) mass is 362 g/mol. The molecule has 2 aromatic rings. The van der Waals surface area contributed by atoms with E-state index in [0.717, 1.165) is 6.20 Å². The Bertz CT molecular complexity index is 827. The van der Waals surface area contributed by atoms with Gasteiger partial charge in [0.1, 0.15) is 11.5 Å². The summed E-state index contributed by atoms with van der Waals surface area (Å²) in [7, 11) is -3.07. The fourth-order valence-electron chi connectivity index (χ4n) is 2.33. The second-order valence-electron chi connectivity index (χ2n) is 4.80. The maximum Gasteiger partial charge on any atom is 0.153 e. The van der Waals surface area contributed by atoms with Crippen molar-refractivity contribution in [3.05, 3.63) is 34.3 Å². The fraction of sp³-hybridized carbons (Fsp3) is 0.429. The first-order chi connectivity index (χ1) is 11.9. The summed E-state index contributed by atoms with van der Waals surface area (Å²) in [6.45, 7) is -3.55. The maximum absolute atomic E-state index is 15.3. The van der Waals surface area contributed by atoms with Crippen molar-refractivity contribution < 1.29 is 20.4 Å². The highest BCUT2D eigenvalue weighted by molar-refractivity contribution is 9.10. The number of ether oxygens (including phenoxy) is 1. The molecule has 4 nitrogen and oxygen atoms in total. The van der Waals surface area contributed by atoms with E-state index in [2.05, 4.69) is 30.7 Å². The molecule has 21 heavy (non-hydrogen) atoms. The quantitative estimate of drug-likeness (QED) is 0.841. The van der Waals surface area contributed by atoms with Crippen molar-refractivity contribution in [1.82, 2.24) is 14.8 Å². The number of alkyl halides is 1. The molecule has 3 heterocycles. The minimum absolute atomic E-state index is 0.106. The van der Waals surface area contributed by atoms with Crippen LogP contribution in [0.1, 0.15) is 19.0 Å². The van der Waals surface area contributed by atoms with E-state index in [1.54, 1.807) is 0 Å². The van der Waals surface area contributed by atoms with Crippen LogP contribution in [-0.4, -0.2) is 34.0 Å². The molecule has 0 bridgehead atoms. The van der Waals surface area contributed by atoms with Crippen LogP contribution in [0, 0.1) is 5.82 Å². The Kier molecular flexibility index (Phi) is 2.50. The molecule has 0 fully saturated rings. The molecule has 0 spiro atoms. The number of halogens is 3. The van der Waals surface area contributed by atoms with Gasteiger partial charge in [-0.3, -0.25) is 9.67 Å². The summed E-state index contributed by atoms with van der Waals surface area (Å²) in [5, 5.41) is 4.24. The molecule has 0 amide bonds. The lowest BCUT2D eigenvalue weighted by Gasteiger charge is -2.29. The molecule has 0 aromatic carbocycles. The molecular weight excluding hydrogens is 344 g/mol. The van der Waals surface area contributed by atoms with Gasteiger partial charge in [0, 0.05) is 7.04 Å². The largest absolute Gasteiger partial charge is 0.381 e. The molecule has 0 N–H and O–H groups in total. The number of methoxy groups -OCH3 is 1. The number of hydrogen-bond acceptors (Lipinski definition) is 3. The van der Waals surface area contributed by atoms with Crippen LogP contribution in [0.15, 0.2) is 22.8 Å². The van der Waals surface area contributed by atoms with Gasteiger partial charge < -0.3 is 4.74 Å². The van der Waals surface area contributed by atoms with Crippen molar-refractivity contribution in [2.75, 3.05) is 13.6 Å². The third-order valence-corrected chi connectivity index (χ3v) is 4.19. The molecule has 0 aliphatic carbocycles. The lowest BCUT2D eigenvalue weighted by molar-refractivity contribution is 0.00984. The number of fused-ring (bicyclic) bond motifs is 1. The van der Waals surface area contributed by atoms with E-state index in [9.17, 15) is 4.39 Å². The van der Waals surface area contributed by atoms with Crippen LogP contribution >= 0.6 is 15.9 Å². The van der Waals surface area contributed by atoms with Crippen molar-refractivity contribution in [2.45, 2.75) is 25.1 Å². The molecule has 0 radical (unpaired) electrons. The maximum atomic E-state index is 15.3. The molecule has 7 heteroatoms. The molecule has 0 saturated carbocycles. The zero-order chi connectivity index (χ0) is 19.3. The number of nitrogens with zero attached hydrogens (tertiary/aromatic N) is 3. The van der Waals surface area contributed by atoms with Crippen LogP contribution in [0.2, 0.25) is 0 Å². The highest BCUT2D eigenvalue weighted by atomic mass is 79.9. The zero-order valence-corrected chi connectivity index (χ0v) is 12.3. The van der Waals surface area contributed by atoms with Crippen LogP contribution in [0.5, 0.6) is 0 Å². The minimum Gasteiger partial charge on any atom is -0.381 e. The van der Waals surface area contributed by atoms with Gasteiger partial charge in [0.05, 0.1) is 42.0 Å². The first-order valence-electron chi connectivity index (χ1n) is 8.68. The van der Waals surface area contributed by atoms with Crippen LogP contribution in [0.25, 0.3) is 11.4 Å². The summed E-state index contributed by atoms with van der Waals surface area (Å²) in [6.07, 6.45) is 0.855. The Balaban J connectivity index is 1.94. The molecule has 1 aliphatic rings. The number of aromatic nitrogens is 3. The molecule has 112 valence electrons. The molecule has 1 atom stereocenters. The Morgan fingerprint density at radius 2 is 2.48 bits per heavy atom. The van der Waals surface area contributed by atoms with Gasteiger partial charge in [-0.05, 0) is 40.9 Å². The number of pyridine rings is 1. The lowest BCUT2D eigenvalue weighted by atomic mass is 9.96. The normalized spacial score (nSPS) is 26.1. The Labute approximate surface area is 136 Å². The second kappa shape index (κ2) is 5.46. The van der Waals surface area contributed by atoms with Gasteiger partial charge in [-0.2, -0.15) is 5.10 Å². The second-order valence-corrected chi connectivity index (χ2v) is 5.59. The Morgan fingerprint density at radius 3 is 3.19 bits per heavy atom. The number of hydrogen-bond donors (Lipinski definition) is 0. The van der Waals surface area contributed by atoms with Crippen LogP contribution in [0.4, 0.5) is 8.78 Å². The van der Waals surface area contributed by atoms with Crippen molar-refractivity contribution in [1.29, 1.82) is 0 Å². The fourth-order valence-corrected chi connectivity index (χ4v) is 3.02. The van der Waals surface area contributed by atoms with Gasteiger partial charge in [0.15, 0.2) is 5.67 Å². The van der Waals surface area contributed by atoms with Crippen molar-refractivity contribution >= 4 is 15.9 Å². The average Bonchev–Trinajstić information content (AvgIpc) is 2.82. The summed E-state index contributed by atoms with van der Waals surface area (Å²) >= 11 is 3.37.